The Balaban J connectivity index is 2.00. The van der Waals surface area contributed by atoms with Crippen molar-refractivity contribution >= 4 is 16.7 Å². The summed E-state index contributed by atoms with van der Waals surface area (Å²) < 4.78 is 5.72. The molecule has 3 rings (SSSR count). The molecule has 0 bridgehead atoms. The molecule has 0 radical (unpaired) electrons. The van der Waals surface area contributed by atoms with E-state index in [1.165, 1.54) is 0 Å². The first-order valence-electron chi connectivity index (χ1n) is 5.84. The maximum atomic E-state index is 9.57. The molecule has 3 N–H and O–H groups in total. The summed E-state index contributed by atoms with van der Waals surface area (Å²) in [5.74, 6) is 1.55. The summed E-state index contributed by atoms with van der Waals surface area (Å²) in [6, 6.07) is 16.5. The number of ether oxygens (including phenoxy) is 1. The molecule has 0 saturated heterocycles. The summed E-state index contributed by atoms with van der Waals surface area (Å²) in [7, 11) is 0. The van der Waals surface area contributed by atoms with Crippen molar-refractivity contribution in [3.05, 3.63) is 54.6 Å². The van der Waals surface area contributed by atoms with Crippen LogP contribution in [0.1, 0.15) is 0 Å². The number of fused-ring (bicyclic) bond motifs is 1. The average Bonchev–Trinajstić information content (AvgIpc) is 2.42. The number of anilines is 1. The highest BCUT2D eigenvalue weighted by molar-refractivity contribution is 5.83. The number of rotatable bonds is 2. The Hall–Kier alpha value is -2.75. The molecule has 0 atom stereocenters. The first-order valence-corrected chi connectivity index (χ1v) is 5.84. The van der Waals surface area contributed by atoms with Gasteiger partial charge in [-0.2, -0.15) is 0 Å². The fraction of sp³-hybridized carbons (Fsp3) is 0. The summed E-state index contributed by atoms with van der Waals surface area (Å²) in [4.78, 5) is 4.10. The fourth-order valence-electron chi connectivity index (χ4n) is 1.85. The third-order valence-electron chi connectivity index (χ3n) is 2.77. The topological polar surface area (TPSA) is 68.4 Å². The number of hydrogen-bond donors (Lipinski definition) is 2. The van der Waals surface area contributed by atoms with E-state index in [0.29, 0.717) is 5.75 Å². The van der Waals surface area contributed by atoms with Gasteiger partial charge in [-0.05, 0) is 36.4 Å². The average molecular weight is 252 g/mol. The van der Waals surface area contributed by atoms with Crippen molar-refractivity contribution in [2.24, 2.45) is 0 Å². The number of hydrogen-bond acceptors (Lipinski definition) is 4. The van der Waals surface area contributed by atoms with Gasteiger partial charge in [-0.15, -0.1) is 0 Å². The third kappa shape index (κ3) is 2.28. The van der Waals surface area contributed by atoms with Gasteiger partial charge in [-0.3, -0.25) is 0 Å². The molecule has 0 unspecified atom stereocenters. The molecular formula is C15H12N2O2. The normalized spacial score (nSPS) is 10.5. The number of pyridine rings is 1. The van der Waals surface area contributed by atoms with Crippen LogP contribution in [-0.2, 0) is 0 Å². The molecule has 3 aromatic rings. The third-order valence-corrected chi connectivity index (χ3v) is 2.77. The largest absolute Gasteiger partial charge is 0.504 e. The van der Waals surface area contributed by atoms with E-state index in [2.05, 4.69) is 4.98 Å². The van der Waals surface area contributed by atoms with Gasteiger partial charge in [0.25, 0.3) is 0 Å². The Morgan fingerprint density at radius 3 is 2.53 bits per heavy atom. The second-order valence-electron chi connectivity index (χ2n) is 4.16. The van der Waals surface area contributed by atoms with Crippen LogP contribution in [0.15, 0.2) is 54.6 Å². The predicted molar refractivity (Wildman–Crippen MR) is 74.3 cm³/mol. The molecule has 1 aromatic heterocycles. The van der Waals surface area contributed by atoms with Crippen molar-refractivity contribution in [1.82, 2.24) is 4.98 Å². The molecule has 19 heavy (non-hydrogen) atoms. The second kappa shape index (κ2) is 4.49. The molecule has 4 heteroatoms. The quantitative estimate of drug-likeness (QED) is 0.734. The van der Waals surface area contributed by atoms with Crippen LogP contribution in [0, 0.1) is 0 Å². The molecule has 1 heterocycles. The summed E-state index contributed by atoms with van der Waals surface area (Å²) in [5.41, 5.74) is 6.27. The lowest BCUT2D eigenvalue weighted by Gasteiger charge is -2.07. The number of benzene rings is 2. The van der Waals surface area contributed by atoms with Gasteiger partial charge in [0, 0.05) is 5.39 Å². The number of para-hydroxylation sites is 1. The maximum Gasteiger partial charge on any atom is 0.166 e. The van der Waals surface area contributed by atoms with Crippen LogP contribution in [0.4, 0.5) is 5.82 Å². The van der Waals surface area contributed by atoms with Crippen molar-refractivity contribution in [3.63, 3.8) is 0 Å². The van der Waals surface area contributed by atoms with Gasteiger partial charge in [0.2, 0.25) is 0 Å². The van der Waals surface area contributed by atoms with E-state index in [-0.39, 0.29) is 11.6 Å². The predicted octanol–water partition coefficient (Wildman–Crippen LogP) is 3.31. The van der Waals surface area contributed by atoms with Gasteiger partial charge in [-0.25, -0.2) is 4.98 Å². The highest BCUT2D eigenvalue weighted by Gasteiger charge is 2.04. The Morgan fingerprint density at radius 1 is 0.947 bits per heavy atom. The lowest BCUT2D eigenvalue weighted by atomic mass is 10.2. The van der Waals surface area contributed by atoms with Gasteiger partial charge < -0.3 is 15.6 Å². The van der Waals surface area contributed by atoms with Gasteiger partial charge >= 0.3 is 0 Å². The van der Waals surface area contributed by atoms with Gasteiger partial charge in [0.15, 0.2) is 11.6 Å². The Labute approximate surface area is 110 Å². The van der Waals surface area contributed by atoms with Crippen LogP contribution in [-0.4, -0.2) is 10.1 Å². The van der Waals surface area contributed by atoms with Crippen LogP contribution >= 0.6 is 0 Å². The first-order chi connectivity index (χ1) is 9.22. The zero-order chi connectivity index (χ0) is 13.2. The summed E-state index contributed by atoms with van der Waals surface area (Å²) in [5, 5.41) is 10.3. The van der Waals surface area contributed by atoms with Crippen LogP contribution in [0.2, 0.25) is 0 Å². The number of nitrogen functional groups attached to an aromatic ring is 1. The van der Waals surface area contributed by atoms with Crippen molar-refractivity contribution in [1.29, 1.82) is 0 Å². The van der Waals surface area contributed by atoms with E-state index < -0.39 is 0 Å². The van der Waals surface area contributed by atoms with Gasteiger partial charge in [-0.1, -0.05) is 18.2 Å². The molecule has 0 spiro atoms. The van der Waals surface area contributed by atoms with Crippen LogP contribution in [0.3, 0.4) is 0 Å². The molecule has 0 amide bonds. The van der Waals surface area contributed by atoms with Gasteiger partial charge in [0.05, 0.1) is 5.52 Å². The van der Waals surface area contributed by atoms with Crippen molar-refractivity contribution < 1.29 is 9.84 Å². The summed E-state index contributed by atoms with van der Waals surface area (Å²) in [6.45, 7) is 0. The minimum atomic E-state index is -0.0237. The highest BCUT2D eigenvalue weighted by atomic mass is 16.5. The molecule has 0 aliphatic carbocycles. The molecule has 2 aromatic carbocycles. The van der Waals surface area contributed by atoms with E-state index >= 15 is 0 Å². The Kier molecular flexibility index (Phi) is 2.68. The highest BCUT2D eigenvalue weighted by Crippen LogP contribution is 2.28. The number of aromatic hydroxyl groups is 1. The van der Waals surface area contributed by atoms with Crippen molar-refractivity contribution in [3.8, 4) is 17.2 Å². The van der Waals surface area contributed by atoms with Gasteiger partial charge in [0.1, 0.15) is 11.5 Å². The van der Waals surface area contributed by atoms with E-state index in [0.717, 1.165) is 16.7 Å². The Bertz CT molecular complexity index is 727. The monoisotopic (exact) mass is 252 g/mol. The van der Waals surface area contributed by atoms with Crippen LogP contribution < -0.4 is 10.5 Å². The number of aromatic nitrogens is 1. The molecule has 0 saturated carbocycles. The van der Waals surface area contributed by atoms with E-state index in [9.17, 15) is 5.11 Å². The molecule has 0 aliphatic rings. The number of nitrogens with two attached hydrogens (primary N) is 1. The zero-order valence-corrected chi connectivity index (χ0v) is 10.1. The second-order valence-corrected chi connectivity index (χ2v) is 4.16. The van der Waals surface area contributed by atoms with E-state index in [4.69, 9.17) is 10.5 Å². The lowest BCUT2D eigenvalue weighted by Crippen LogP contribution is -1.91. The van der Waals surface area contributed by atoms with Crippen molar-refractivity contribution in [2.75, 3.05) is 5.73 Å². The molecular weight excluding hydrogens is 240 g/mol. The smallest absolute Gasteiger partial charge is 0.166 e. The molecule has 0 fully saturated rings. The van der Waals surface area contributed by atoms with Crippen LogP contribution in [0.25, 0.3) is 10.9 Å². The SMILES string of the molecule is Nc1nc2ccc(Oc3ccccc3)cc2cc1O. The van der Waals surface area contributed by atoms with Crippen molar-refractivity contribution in [2.45, 2.75) is 0 Å². The standard InChI is InChI=1S/C15H12N2O2/c16-15-14(18)9-10-8-12(6-7-13(10)17-15)19-11-4-2-1-3-5-11/h1-9,18H,(H2,16,17). The number of nitrogens with zero attached hydrogens (tertiary/aromatic N) is 1. The van der Waals surface area contributed by atoms with E-state index in [1.807, 2.05) is 48.5 Å². The van der Waals surface area contributed by atoms with Crippen LogP contribution in [0.5, 0.6) is 17.2 Å². The molecule has 94 valence electrons. The molecule has 4 nitrogen and oxygen atoms in total. The zero-order valence-electron chi connectivity index (χ0n) is 10.1. The maximum absolute atomic E-state index is 9.57. The minimum absolute atomic E-state index is 0.0237. The Morgan fingerprint density at radius 2 is 1.74 bits per heavy atom. The fourth-order valence-corrected chi connectivity index (χ4v) is 1.85. The summed E-state index contributed by atoms with van der Waals surface area (Å²) in [6.07, 6.45) is 0. The minimum Gasteiger partial charge on any atom is -0.504 e. The summed E-state index contributed by atoms with van der Waals surface area (Å²) >= 11 is 0. The molecule has 0 aliphatic heterocycles. The first kappa shape index (κ1) is 11.3. The lowest BCUT2D eigenvalue weighted by molar-refractivity contribution is 0.476. The van der Waals surface area contributed by atoms with E-state index in [1.54, 1.807) is 6.07 Å².